The molecule has 0 N–H and O–H groups in total. The maximum Gasteiger partial charge on any atom is 0.326 e. The number of nitrogens with zero attached hydrogens (tertiary/aromatic N) is 4. The molecule has 0 aliphatic heterocycles. The molecular formula is C32H29Cl2F3N4O2S2. The number of rotatable bonds is 8. The van der Waals surface area contributed by atoms with E-state index in [1.807, 2.05) is 0 Å². The van der Waals surface area contributed by atoms with Gasteiger partial charge < -0.3 is 0 Å². The number of halogens is 5. The summed E-state index contributed by atoms with van der Waals surface area (Å²) in [6.07, 6.45) is 6.43. The van der Waals surface area contributed by atoms with Crippen molar-refractivity contribution in [2.24, 2.45) is 5.92 Å². The van der Waals surface area contributed by atoms with Crippen molar-refractivity contribution in [3.05, 3.63) is 136 Å². The minimum absolute atomic E-state index is 0.0620. The normalized spacial score (nSPS) is 13.4. The van der Waals surface area contributed by atoms with Crippen molar-refractivity contribution >= 4 is 46.3 Å². The predicted molar refractivity (Wildman–Crippen MR) is 173 cm³/mol. The molecule has 0 unspecified atom stereocenters. The van der Waals surface area contributed by atoms with Crippen LogP contribution in [0.3, 0.4) is 0 Å². The van der Waals surface area contributed by atoms with Crippen LogP contribution in [0.1, 0.15) is 60.4 Å². The molecule has 1 fully saturated rings. The molecule has 45 heavy (non-hydrogen) atoms. The van der Waals surface area contributed by atoms with Gasteiger partial charge in [0.2, 0.25) is 0 Å². The highest BCUT2D eigenvalue weighted by Gasteiger charge is 2.20. The molecule has 5 aromatic rings. The van der Waals surface area contributed by atoms with Crippen molar-refractivity contribution in [1.82, 2.24) is 17.9 Å². The Morgan fingerprint density at radius 2 is 1.22 bits per heavy atom. The zero-order valence-corrected chi connectivity index (χ0v) is 27.2. The van der Waals surface area contributed by atoms with E-state index in [1.165, 1.54) is 54.2 Å². The van der Waals surface area contributed by atoms with E-state index in [-0.39, 0.29) is 40.8 Å². The molecule has 6 rings (SSSR count). The maximum atomic E-state index is 13.9. The van der Waals surface area contributed by atoms with Crippen molar-refractivity contribution in [3.63, 3.8) is 0 Å². The van der Waals surface area contributed by atoms with Crippen LogP contribution >= 0.6 is 46.3 Å². The lowest BCUT2D eigenvalue weighted by atomic mass is 9.89. The number of aromatic nitrogens is 4. The van der Waals surface area contributed by atoms with Crippen LogP contribution in [0, 0.1) is 23.4 Å². The predicted octanol–water partition coefficient (Wildman–Crippen LogP) is 8.14. The summed E-state index contributed by atoms with van der Waals surface area (Å²) in [6, 6.07) is 14.9. The average Bonchev–Trinajstić information content (AvgIpc) is 3.55. The van der Waals surface area contributed by atoms with Crippen LogP contribution in [0.4, 0.5) is 13.2 Å². The smallest absolute Gasteiger partial charge is 0.285 e. The second-order valence-corrected chi connectivity index (χ2v) is 13.1. The molecule has 0 spiro atoms. The van der Waals surface area contributed by atoms with E-state index in [4.69, 9.17) is 23.2 Å². The highest BCUT2D eigenvalue weighted by Crippen LogP contribution is 2.27. The third-order valence-corrected chi connectivity index (χ3v) is 9.80. The molecule has 0 radical (unpaired) electrons. The third-order valence-electron chi connectivity index (χ3n) is 7.73. The van der Waals surface area contributed by atoms with Gasteiger partial charge in [0.15, 0.2) is 0 Å². The summed E-state index contributed by atoms with van der Waals surface area (Å²) >= 11 is 13.8. The van der Waals surface area contributed by atoms with Crippen LogP contribution in [0.5, 0.6) is 0 Å². The Labute approximate surface area is 276 Å². The molecule has 2 aromatic heterocycles. The first kappa shape index (κ1) is 33.1. The van der Waals surface area contributed by atoms with Gasteiger partial charge in [-0.3, -0.25) is 18.7 Å². The summed E-state index contributed by atoms with van der Waals surface area (Å²) < 4.78 is 52.3. The van der Waals surface area contributed by atoms with E-state index in [1.54, 1.807) is 34.9 Å². The van der Waals surface area contributed by atoms with E-state index in [9.17, 15) is 22.8 Å². The maximum absolute atomic E-state index is 13.9. The summed E-state index contributed by atoms with van der Waals surface area (Å²) in [5.74, 6) is 0.438. The molecule has 2 heterocycles. The van der Waals surface area contributed by atoms with Crippen LogP contribution in [0.2, 0.25) is 10.0 Å². The third kappa shape index (κ3) is 8.52. The summed E-state index contributed by atoms with van der Waals surface area (Å²) in [4.78, 5) is 23.7. The fraction of sp³-hybridized carbons (Fsp3) is 0.312. The Hall–Kier alpha value is -3.25. The Morgan fingerprint density at radius 1 is 0.711 bits per heavy atom. The number of hydrogen-bond acceptors (Lipinski definition) is 6. The summed E-state index contributed by atoms with van der Waals surface area (Å²) in [7, 11) is 0. The highest BCUT2D eigenvalue weighted by molar-refractivity contribution is 7.03. The van der Waals surface area contributed by atoms with Crippen molar-refractivity contribution in [1.29, 1.82) is 0 Å². The zero-order valence-electron chi connectivity index (χ0n) is 24.0. The Morgan fingerprint density at radius 3 is 1.76 bits per heavy atom. The minimum atomic E-state index is -0.439. The summed E-state index contributed by atoms with van der Waals surface area (Å²) in [5, 5.41) is 0.670. The van der Waals surface area contributed by atoms with Crippen molar-refractivity contribution in [2.75, 3.05) is 0 Å². The lowest BCUT2D eigenvalue weighted by molar-refractivity contribution is 0.314. The zero-order chi connectivity index (χ0) is 31.9. The van der Waals surface area contributed by atoms with Gasteiger partial charge in [-0.1, -0.05) is 66.7 Å². The second-order valence-electron chi connectivity index (χ2n) is 10.8. The molecule has 1 saturated carbocycles. The largest absolute Gasteiger partial charge is 0.326 e. The molecule has 0 bridgehead atoms. The van der Waals surface area contributed by atoms with Crippen LogP contribution in [-0.2, 0) is 25.9 Å². The highest BCUT2D eigenvalue weighted by atomic mass is 35.5. The molecular weight excluding hydrogens is 664 g/mol. The standard InChI is InChI=1S/C16H11ClF2N2OS.C16H18ClFN2OS/c17-13-2-1-3-14(19)12(13)8-15-20-23-16(22)21(15)9-10-4-6-11(18)7-5-10;17-13-7-4-8-14(18)12(13)9-15-19-22-16(21)20(15)10-11-5-2-1-3-6-11/h1-7H,8-9H2;4,7-8,11H,1-3,5-6,9-10H2. The average molecular weight is 694 g/mol. The van der Waals surface area contributed by atoms with Crippen molar-refractivity contribution < 1.29 is 13.2 Å². The minimum Gasteiger partial charge on any atom is -0.285 e. The first-order chi connectivity index (χ1) is 21.7. The Kier molecular flexibility index (Phi) is 11.3. The molecule has 6 nitrogen and oxygen atoms in total. The van der Waals surface area contributed by atoms with E-state index in [2.05, 4.69) is 8.75 Å². The van der Waals surface area contributed by atoms with E-state index in [0.29, 0.717) is 45.3 Å². The van der Waals surface area contributed by atoms with Gasteiger partial charge >= 0.3 is 9.75 Å². The van der Waals surface area contributed by atoms with Gasteiger partial charge in [-0.2, -0.15) is 8.75 Å². The first-order valence-electron chi connectivity index (χ1n) is 14.4. The second kappa shape index (κ2) is 15.4. The topological polar surface area (TPSA) is 69.8 Å². The van der Waals surface area contributed by atoms with Gasteiger partial charge in [0.05, 0.1) is 6.54 Å². The molecule has 0 saturated heterocycles. The first-order valence-corrected chi connectivity index (χ1v) is 16.7. The summed E-state index contributed by atoms with van der Waals surface area (Å²) in [5.41, 5.74) is 1.47. The molecule has 1 aliphatic rings. The van der Waals surface area contributed by atoms with Crippen molar-refractivity contribution in [3.8, 4) is 0 Å². The van der Waals surface area contributed by atoms with Gasteiger partial charge in [-0.15, -0.1) is 0 Å². The molecule has 3 aromatic carbocycles. The summed E-state index contributed by atoms with van der Waals surface area (Å²) in [6.45, 7) is 0.938. The SMILES string of the molecule is O=c1snc(Cc2c(F)cccc2Cl)n1CC1CCCCC1.O=c1snc(Cc2c(F)cccc2Cl)n1Cc1ccc(F)cc1. The van der Waals surface area contributed by atoms with E-state index >= 15 is 0 Å². The van der Waals surface area contributed by atoms with Gasteiger partial charge in [-0.25, -0.2) is 13.2 Å². The monoisotopic (exact) mass is 692 g/mol. The van der Waals surface area contributed by atoms with Gasteiger partial charge in [0, 0.05) is 63.6 Å². The fourth-order valence-electron chi connectivity index (χ4n) is 5.30. The van der Waals surface area contributed by atoms with Crippen LogP contribution in [-0.4, -0.2) is 17.9 Å². The lowest BCUT2D eigenvalue weighted by Gasteiger charge is -2.22. The van der Waals surface area contributed by atoms with Gasteiger partial charge in [0.1, 0.15) is 29.1 Å². The number of hydrogen-bond donors (Lipinski definition) is 0. The van der Waals surface area contributed by atoms with E-state index < -0.39 is 5.82 Å². The van der Waals surface area contributed by atoms with Crippen LogP contribution in [0.25, 0.3) is 0 Å². The van der Waals surface area contributed by atoms with E-state index in [0.717, 1.165) is 41.5 Å². The quantitative estimate of drug-likeness (QED) is 0.165. The number of benzene rings is 3. The van der Waals surface area contributed by atoms with Crippen LogP contribution in [0.15, 0.2) is 70.3 Å². The van der Waals surface area contributed by atoms with Crippen LogP contribution < -0.4 is 9.75 Å². The van der Waals surface area contributed by atoms with Gasteiger partial charge in [-0.05, 0) is 60.7 Å². The fourth-order valence-corrected chi connectivity index (χ4v) is 7.00. The molecule has 236 valence electrons. The Balaban J connectivity index is 0.000000178. The molecule has 13 heteroatoms. The lowest BCUT2D eigenvalue weighted by Crippen LogP contribution is -2.23. The Bertz CT molecular complexity index is 1820. The van der Waals surface area contributed by atoms with Gasteiger partial charge in [0.25, 0.3) is 0 Å². The molecule has 0 atom stereocenters. The van der Waals surface area contributed by atoms with Crippen molar-refractivity contribution in [2.45, 2.75) is 58.0 Å². The molecule has 0 amide bonds. The molecule has 1 aliphatic carbocycles.